The third-order valence-corrected chi connectivity index (χ3v) is 2.28. The van der Waals surface area contributed by atoms with Gasteiger partial charge in [0.15, 0.2) is 0 Å². The van der Waals surface area contributed by atoms with Gasteiger partial charge in [-0.15, -0.1) is 9.24 Å². The average molecular weight is 175 g/mol. The van der Waals surface area contributed by atoms with E-state index in [1.54, 1.807) is 0 Å². The minimum atomic E-state index is 0.921. The third-order valence-electron chi connectivity index (χ3n) is 1.87. The van der Waals surface area contributed by atoms with E-state index in [9.17, 15) is 0 Å². The predicted octanol–water partition coefficient (Wildman–Crippen LogP) is 2.61. The first-order chi connectivity index (χ1) is 5.90. The highest BCUT2D eigenvalue weighted by molar-refractivity contribution is 7.15. The van der Waals surface area contributed by atoms with E-state index >= 15 is 0 Å². The molecule has 1 heterocycles. The van der Waals surface area contributed by atoms with Gasteiger partial charge in [0.05, 0.1) is 5.52 Å². The van der Waals surface area contributed by atoms with Crippen LogP contribution in [0.25, 0.3) is 10.9 Å². The van der Waals surface area contributed by atoms with Crippen molar-refractivity contribution in [1.82, 2.24) is 4.98 Å². The molecule has 0 aliphatic rings. The van der Waals surface area contributed by atoms with Gasteiger partial charge >= 0.3 is 0 Å². The lowest BCUT2D eigenvalue weighted by Gasteiger charge is -1.98. The van der Waals surface area contributed by atoms with Crippen molar-refractivity contribution < 1.29 is 0 Å². The number of nitrogens with zero attached hydrogens (tertiary/aromatic N) is 1. The van der Waals surface area contributed by atoms with Crippen LogP contribution >= 0.6 is 9.24 Å². The topological polar surface area (TPSA) is 12.9 Å². The van der Waals surface area contributed by atoms with Crippen molar-refractivity contribution in [1.29, 1.82) is 0 Å². The Kier molecular flexibility index (Phi) is 2.05. The van der Waals surface area contributed by atoms with E-state index in [1.807, 2.05) is 18.2 Å². The summed E-state index contributed by atoms with van der Waals surface area (Å²) in [4.78, 5) is 4.47. The van der Waals surface area contributed by atoms with E-state index in [-0.39, 0.29) is 0 Å². The molecular formula is C10H10NP. The summed E-state index contributed by atoms with van der Waals surface area (Å²) in [5.41, 5.74) is 2.20. The smallest absolute Gasteiger partial charge is 0.0705 e. The fourth-order valence-corrected chi connectivity index (χ4v) is 1.45. The summed E-state index contributed by atoms with van der Waals surface area (Å²) in [7, 11) is 2.68. The zero-order chi connectivity index (χ0) is 8.39. The van der Waals surface area contributed by atoms with Gasteiger partial charge < -0.3 is 0 Å². The van der Waals surface area contributed by atoms with E-state index < -0.39 is 0 Å². The number of pyridine rings is 1. The largest absolute Gasteiger partial charge is 0.252 e. The van der Waals surface area contributed by atoms with Crippen LogP contribution in [0.1, 0.15) is 5.69 Å². The normalized spacial score (nSPS) is 10.4. The molecule has 0 radical (unpaired) electrons. The van der Waals surface area contributed by atoms with Crippen LogP contribution in [0.2, 0.25) is 0 Å². The molecule has 0 saturated heterocycles. The Labute approximate surface area is 74.0 Å². The van der Waals surface area contributed by atoms with Crippen molar-refractivity contribution >= 4 is 20.1 Å². The van der Waals surface area contributed by atoms with Crippen molar-refractivity contribution in [3.05, 3.63) is 42.1 Å². The van der Waals surface area contributed by atoms with E-state index in [2.05, 4.69) is 32.4 Å². The van der Waals surface area contributed by atoms with Gasteiger partial charge in [-0.25, -0.2) is 0 Å². The van der Waals surface area contributed by atoms with Gasteiger partial charge in [0.1, 0.15) is 0 Å². The fraction of sp³-hybridized carbons (Fsp3) is 0.100. The van der Waals surface area contributed by atoms with Crippen LogP contribution < -0.4 is 0 Å². The molecule has 0 spiro atoms. The molecule has 1 aromatic heterocycles. The lowest BCUT2D eigenvalue weighted by molar-refractivity contribution is 1.23. The summed E-state index contributed by atoms with van der Waals surface area (Å²) in [6.45, 7) is 0. The second kappa shape index (κ2) is 3.20. The molecule has 1 atom stereocenters. The minimum absolute atomic E-state index is 0.921. The van der Waals surface area contributed by atoms with Crippen LogP contribution in [0.15, 0.2) is 36.4 Å². The molecule has 2 rings (SSSR count). The first kappa shape index (κ1) is 7.70. The molecule has 0 fully saturated rings. The van der Waals surface area contributed by atoms with Gasteiger partial charge in [-0.2, -0.15) is 0 Å². The van der Waals surface area contributed by atoms with Gasteiger partial charge in [0.2, 0.25) is 0 Å². The number of benzene rings is 1. The molecule has 1 nitrogen and oxygen atoms in total. The maximum Gasteiger partial charge on any atom is 0.0705 e. The van der Waals surface area contributed by atoms with Crippen LogP contribution in [-0.4, -0.2) is 4.98 Å². The van der Waals surface area contributed by atoms with Gasteiger partial charge in [-0.05, 0) is 12.1 Å². The van der Waals surface area contributed by atoms with Crippen molar-refractivity contribution in [2.75, 3.05) is 0 Å². The van der Waals surface area contributed by atoms with Crippen molar-refractivity contribution in [2.45, 2.75) is 6.16 Å². The highest BCUT2D eigenvalue weighted by Gasteiger charge is 1.93. The van der Waals surface area contributed by atoms with Crippen LogP contribution in [-0.2, 0) is 6.16 Å². The zero-order valence-electron chi connectivity index (χ0n) is 6.70. The van der Waals surface area contributed by atoms with Crippen LogP contribution in [0.4, 0.5) is 0 Å². The maximum atomic E-state index is 4.47. The van der Waals surface area contributed by atoms with Crippen molar-refractivity contribution in [3.8, 4) is 0 Å². The van der Waals surface area contributed by atoms with E-state index in [1.165, 1.54) is 5.39 Å². The molecule has 2 aromatic rings. The van der Waals surface area contributed by atoms with E-state index in [0.29, 0.717) is 0 Å². The van der Waals surface area contributed by atoms with Gasteiger partial charge in [0.25, 0.3) is 0 Å². The lowest BCUT2D eigenvalue weighted by Crippen LogP contribution is -1.84. The van der Waals surface area contributed by atoms with Crippen LogP contribution in [0.3, 0.4) is 0 Å². The summed E-state index contributed by atoms with van der Waals surface area (Å²) in [5.74, 6) is 0. The number of aromatic nitrogens is 1. The molecule has 0 bridgehead atoms. The minimum Gasteiger partial charge on any atom is -0.252 e. The molecule has 0 aliphatic heterocycles. The summed E-state index contributed by atoms with van der Waals surface area (Å²) in [6.07, 6.45) is 0.921. The molecule has 1 aromatic carbocycles. The number of hydrogen-bond acceptors (Lipinski definition) is 1. The second-order valence-corrected chi connectivity index (χ2v) is 3.11. The Bertz CT molecular complexity index is 398. The highest BCUT2D eigenvalue weighted by Crippen LogP contribution is 2.12. The Hall–Kier alpha value is -0.940. The molecule has 1 unspecified atom stereocenters. The Morgan fingerprint density at radius 1 is 1.08 bits per heavy atom. The summed E-state index contributed by atoms with van der Waals surface area (Å²) < 4.78 is 0. The van der Waals surface area contributed by atoms with Crippen molar-refractivity contribution in [2.24, 2.45) is 0 Å². The molecule has 0 aliphatic carbocycles. The predicted molar refractivity (Wildman–Crippen MR) is 55.2 cm³/mol. The number of hydrogen-bond donors (Lipinski definition) is 0. The Morgan fingerprint density at radius 3 is 2.75 bits per heavy atom. The maximum absolute atomic E-state index is 4.47. The standard InChI is InChI=1S/C10H10NP/c12-7-9-6-5-8-3-1-2-4-10(8)11-9/h1-6H,7,12H2. The lowest BCUT2D eigenvalue weighted by atomic mass is 10.2. The van der Waals surface area contributed by atoms with E-state index in [0.717, 1.165) is 17.4 Å². The van der Waals surface area contributed by atoms with E-state index in [4.69, 9.17) is 0 Å². The third kappa shape index (κ3) is 1.33. The quantitative estimate of drug-likeness (QED) is 0.607. The summed E-state index contributed by atoms with van der Waals surface area (Å²) in [6, 6.07) is 12.3. The Balaban J connectivity index is 2.67. The molecule has 60 valence electrons. The average Bonchev–Trinajstić information content (AvgIpc) is 2.17. The number of fused-ring (bicyclic) bond motifs is 1. The highest BCUT2D eigenvalue weighted by atomic mass is 31.0. The van der Waals surface area contributed by atoms with Crippen LogP contribution in [0.5, 0.6) is 0 Å². The summed E-state index contributed by atoms with van der Waals surface area (Å²) in [5, 5.41) is 1.21. The first-order valence-electron chi connectivity index (χ1n) is 3.95. The SMILES string of the molecule is PCc1ccc2ccccc2n1. The monoisotopic (exact) mass is 175 g/mol. The molecule has 0 N–H and O–H groups in total. The van der Waals surface area contributed by atoms with Gasteiger partial charge in [-0.1, -0.05) is 24.3 Å². The number of para-hydroxylation sites is 1. The summed E-state index contributed by atoms with van der Waals surface area (Å²) >= 11 is 0. The van der Waals surface area contributed by atoms with Crippen LogP contribution in [0, 0.1) is 0 Å². The molecule has 0 saturated carbocycles. The van der Waals surface area contributed by atoms with Gasteiger partial charge in [0, 0.05) is 17.2 Å². The molecule has 12 heavy (non-hydrogen) atoms. The molecular weight excluding hydrogens is 165 g/mol. The second-order valence-electron chi connectivity index (χ2n) is 2.70. The van der Waals surface area contributed by atoms with Gasteiger partial charge in [-0.3, -0.25) is 4.98 Å². The van der Waals surface area contributed by atoms with Crippen molar-refractivity contribution in [3.63, 3.8) is 0 Å². The zero-order valence-corrected chi connectivity index (χ0v) is 7.85. The molecule has 2 heteroatoms. The fourth-order valence-electron chi connectivity index (χ4n) is 1.22. The number of rotatable bonds is 1. The molecule has 0 amide bonds. The Morgan fingerprint density at radius 2 is 1.92 bits per heavy atom. The first-order valence-corrected chi connectivity index (χ1v) is 4.76.